The highest BCUT2D eigenvalue weighted by Gasteiger charge is 2.31. The molecule has 1 fully saturated rings. The molecule has 216 valence electrons. The van der Waals surface area contributed by atoms with E-state index in [0.29, 0.717) is 39.8 Å². The van der Waals surface area contributed by atoms with Crippen molar-refractivity contribution in [3.8, 4) is 33.2 Å². The summed E-state index contributed by atoms with van der Waals surface area (Å²) in [5, 5.41) is 15.0. The van der Waals surface area contributed by atoms with E-state index in [2.05, 4.69) is 24.4 Å². The van der Waals surface area contributed by atoms with E-state index in [1.165, 1.54) is 23.5 Å². The molecule has 0 aliphatic carbocycles. The smallest absolute Gasteiger partial charge is 0.180 e. The van der Waals surface area contributed by atoms with Gasteiger partial charge >= 0.3 is 0 Å². The van der Waals surface area contributed by atoms with Crippen LogP contribution in [0.4, 0.5) is 4.39 Å². The molecule has 12 heteroatoms. The minimum Gasteiger partial charge on any atom is -0.395 e. The second-order valence-corrected chi connectivity index (χ2v) is 11.5. The third-order valence-corrected chi connectivity index (χ3v) is 8.84. The van der Waals surface area contributed by atoms with Crippen LogP contribution in [0, 0.1) is 12.7 Å². The number of pyridine rings is 1. The molecule has 5 aromatic heterocycles. The van der Waals surface area contributed by atoms with Gasteiger partial charge in [0.15, 0.2) is 11.4 Å². The van der Waals surface area contributed by atoms with E-state index < -0.39 is 0 Å². The van der Waals surface area contributed by atoms with E-state index in [4.69, 9.17) is 10.1 Å². The molecular formula is C31H27FN8O2S. The molecule has 0 unspecified atom stereocenters. The van der Waals surface area contributed by atoms with Crippen LogP contribution in [0.2, 0.25) is 0 Å². The summed E-state index contributed by atoms with van der Waals surface area (Å²) in [5.41, 5.74) is 5.84. The zero-order valence-electron chi connectivity index (χ0n) is 23.3. The van der Waals surface area contributed by atoms with Gasteiger partial charge in [-0.1, -0.05) is 0 Å². The van der Waals surface area contributed by atoms with Crippen molar-refractivity contribution in [2.75, 3.05) is 26.2 Å². The Morgan fingerprint density at radius 3 is 2.60 bits per heavy atom. The number of aliphatic hydroxyl groups excluding tert-OH is 1. The van der Waals surface area contributed by atoms with Gasteiger partial charge in [-0.15, -0.1) is 11.3 Å². The maximum absolute atomic E-state index is 13.7. The van der Waals surface area contributed by atoms with Gasteiger partial charge in [-0.3, -0.25) is 14.7 Å². The SMILES string of the molecule is Cc1nc(-c2ccncc2)sc1C(=O)Cc1cn2nc(-c3c(-c4ccc(F)cc4)ncn3C3CN(CCO)C3)ccc2n1. The molecule has 1 aromatic carbocycles. The molecule has 1 N–H and O–H groups in total. The van der Waals surface area contributed by atoms with Crippen LogP contribution >= 0.6 is 11.3 Å². The van der Waals surface area contributed by atoms with Gasteiger partial charge in [0.1, 0.15) is 16.5 Å². The Balaban J connectivity index is 1.19. The van der Waals surface area contributed by atoms with E-state index in [0.717, 1.165) is 34.9 Å². The number of ketones is 1. The number of fused-ring (bicyclic) bond motifs is 1. The van der Waals surface area contributed by atoms with Crippen molar-refractivity contribution >= 4 is 22.8 Å². The predicted octanol–water partition coefficient (Wildman–Crippen LogP) is 4.50. The summed E-state index contributed by atoms with van der Waals surface area (Å²) in [4.78, 5) is 34.1. The fourth-order valence-corrected chi connectivity index (χ4v) is 6.42. The van der Waals surface area contributed by atoms with E-state index in [1.54, 1.807) is 41.6 Å². The number of halogens is 1. The minimum absolute atomic E-state index is 0.0481. The van der Waals surface area contributed by atoms with Crippen LogP contribution in [-0.2, 0) is 6.42 Å². The molecule has 1 aliphatic rings. The summed E-state index contributed by atoms with van der Waals surface area (Å²) in [6.07, 6.45) is 7.12. The average Bonchev–Trinajstić information content (AvgIpc) is 3.71. The number of aryl methyl sites for hydroxylation is 1. The molecule has 1 saturated heterocycles. The molecule has 0 amide bonds. The Bertz CT molecular complexity index is 1930. The Morgan fingerprint density at radius 2 is 1.84 bits per heavy atom. The molecule has 7 rings (SSSR count). The maximum Gasteiger partial charge on any atom is 0.180 e. The molecule has 10 nitrogen and oxygen atoms in total. The van der Waals surface area contributed by atoms with E-state index >= 15 is 0 Å². The number of aliphatic hydroxyl groups is 1. The van der Waals surface area contributed by atoms with Crippen molar-refractivity contribution < 1.29 is 14.3 Å². The highest BCUT2D eigenvalue weighted by atomic mass is 32.1. The van der Waals surface area contributed by atoms with Gasteiger partial charge in [0.05, 0.1) is 59.2 Å². The van der Waals surface area contributed by atoms with Gasteiger partial charge in [0, 0.05) is 43.2 Å². The molecule has 0 saturated carbocycles. The number of imidazole rings is 2. The summed E-state index contributed by atoms with van der Waals surface area (Å²) in [5.74, 6) is -0.362. The fraction of sp³-hybridized carbons (Fsp3) is 0.226. The zero-order chi connectivity index (χ0) is 29.5. The highest BCUT2D eigenvalue weighted by Crippen LogP contribution is 2.35. The Labute approximate surface area is 250 Å². The lowest BCUT2D eigenvalue weighted by atomic mass is 10.1. The van der Waals surface area contributed by atoms with E-state index in [9.17, 15) is 14.3 Å². The number of Topliss-reactive ketones (excluding diaryl/α,β-unsaturated/α-hetero) is 1. The second kappa shape index (κ2) is 11.2. The maximum atomic E-state index is 13.7. The number of rotatable bonds is 9. The van der Waals surface area contributed by atoms with Crippen LogP contribution in [-0.4, -0.2) is 76.1 Å². The van der Waals surface area contributed by atoms with Crippen molar-refractivity contribution in [1.29, 1.82) is 0 Å². The number of nitrogens with zero attached hydrogens (tertiary/aromatic N) is 8. The van der Waals surface area contributed by atoms with Crippen molar-refractivity contribution in [3.05, 3.63) is 95.5 Å². The third-order valence-electron chi connectivity index (χ3n) is 7.59. The monoisotopic (exact) mass is 594 g/mol. The lowest BCUT2D eigenvalue weighted by molar-refractivity contribution is 0.0846. The van der Waals surface area contributed by atoms with Crippen LogP contribution in [0.25, 0.3) is 38.9 Å². The molecule has 0 spiro atoms. The van der Waals surface area contributed by atoms with E-state index in [-0.39, 0.29) is 30.7 Å². The summed E-state index contributed by atoms with van der Waals surface area (Å²) in [6.45, 7) is 4.15. The lowest BCUT2D eigenvalue weighted by Gasteiger charge is -2.40. The van der Waals surface area contributed by atoms with Gasteiger partial charge in [-0.2, -0.15) is 5.10 Å². The van der Waals surface area contributed by atoms with Crippen LogP contribution in [0.15, 0.2) is 73.4 Å². The highest BCUT2D eigenvalue weighted by molar-refractivity contribution is 7.17. The second-order valence-electron chi connectivity index (χ2n) is 10.5. The van der Waals surface area contributed by atoms with E-state index in [1.807, 2.05) is 31.2 Å². The number of aromatic nitrogens is 7. The van der Waals surface area contributed by atoms with Crippen molar-refractivity contribution in [2.45, 2.75) is 19.4 Å². The first-order chi connectivity index (χ1) is 21.0. The number of hydrogen-bond donors (Lipinski definition) is 1. The summed E-state index contributed by atoms with van der Waals surface area (Å²) in [6, 6.07) is 14.0. The topological polar surface area (TPSA) is 114 Å². The Kier molecular flexibility index (Phi) is 7.09. The van der Waals surface area contributed by atoms with Crippen molar-refractivity contribution in [3.63, 3.8) is 0 Å². The van der Waals surface area contributed by atoms with Crippen molar-refractivity contribution in [1.82, 2.24) is 39.0 Å². The van der Waals surface area contributed by atoms with Crippen LogP contribution in [0.1, 0.15) is 27.1 Å². The van der Waals surface area contributed by atoms with Gasteiger partial charge < -0.3 is 9.67 Å². The first-order valence-corrected chi connectivity index (χ1v) is 14.7. The van der Waals surface area contributed by atoms with Crippen LogP contribution in [0.3, 0.4) is 0 Å². The van der Waals surface area contributed by atoms with Crippen LogP contribution < -0.4 is 0 Å². The Hall–Kier alpha value is -4.65. The molecular weight excluding hydrogens is 567 g/mol. The largest absolute Gasteiger partial charge is 0.395 e. The summed E-state index contributed by atoms with van der Waals surface area (Å²) in [7, 11) is 0. The number of β-amino-alcohol motifs (C(OH)–C–C–N with tert-alkyl or cyclic N) is 1. The minimum atomic E-state index is -0.314. The fourth-order valence-electron chi connectivity index (χ4n) is 5.41. The number of benzene rings is 1. The molecule has 1 aliphatic heterocycles. The van der Waals surface area contributed by atoms with Gasteiger partial charge in [0.25, 0.3) is 0 Å². The third kappa shape index (κ3) is 5.24. The molecule has 43 heavy (non-hydrogen) atoms. The summed E-state index contributed by atoms with van der Waals surface area (Å²) >= 11 is 1.37. The number of likely N-dealkylation sites (tertiary alicyclic amines) is 1. The van der Waals surface area contributed by atoms with Gasteiger partial charge in [0.2, 0.25) is 0 Å². The molecule has 0 bridgehead atoms. The Morgan fingerprint density at radius 1 is 1.05 bits per heavy atom. The molecule has 6 heterocycles. The summed E-state index contributed by atoms with van der Waals surface area (Å²) < 4.78 is 17.5. The standard InChI is InChI=1S/C31H27FN8O2S/c1-19-30(43-31(35-19)21-8-10-33-11-9-21)26(42)14-23-15-40-27(36-23)7-6-25(37-40)29-28(20-2-4-22(32)5-3-20)34-18-39(29)24-16-38(17-24)12-13-41/h2-11,15,18,24,41H,12-14,16-17H2,1H3. The van der Waals surface area contributed by atoms with Crippen LogP contribution in [0.5, 0.6) is 0 Å². The first-order valence-electron chi connectivity index (χ1n) is 13.9. The van der Waals surface area contributed by atoms with Crippen molar-refractivity contribution in [2.24, 2.45) is 0 Å². The predicted molar refractivity (Wildman–Crippen MR) is 160 cm³/mol. The molecule has 0 radical (unpaired) electrons. The number of hydrogen-bond acceptors (Lipinski definition) is 9. The van der Waals surface area contributed by atoms with Gasteiger partial charge in [-0.25, -0.2) is 23.9 Å². The molecule has 0 atom stereocenters. The molecule has 6 aromatic rings. The average molecular weight is 595 g/mol. The number of thiazole rings is 1. The lowest BCUT2D eigenvalue weighted by Crippen LogP contribution is -2.48. The first kappa shape index (κ1) is 27.2. The number of carbonyl (C=O) groups excluding carboxylic acids is 1. The number of carbonyl (C=O) groups is 1. The van der Waals surface area contributed by atoms with Gasteiger partial charge in [-0.05, 0) is 55.5 Å². The quantitative estimate of drug-likeness (QED) is 0.244. The zero-order valence-corrected chi connectivity index (χ0v) is 24.1. The normalized spacial score (nSPS) is 13.9.